The van der Waals surface area contributed by atoms with Crippen LogP contribution in [0.5, 0.6) is 0 Å². The van der Waals surface area contributed by atoms with E-state index in [4.69, 9.17) is 17.3 Å². The smallest absolute Gasteiger partial charge is 0.246 e. The van der Waals surface area contributed by atoms with Gasteiger partial charge in [-0.2, -0.15) is 5.10 Å². The maximum atomic E-state index is 12.3. The number of aryl methyl sites for hydroxylation is 1. The Morgan fingerprint density at radius 2 is 2.00 bits per heavy atom. The average Bonchev–Trinajstić information content (AvgIpc) is 2.78. The standard InChI is InChI=1S/C17H25ClN4O2/c1-11(2)10-22-16(18)14(12(3)20-22)4-5-15(23)21-8-6-13(7-9-21)17(19)24/h4-5,11,13H,6-10H2,1-3H3,(H2,19,24)/b5-4+. The van der Waals surface area contributed by atoms with Crippen molar-refractivity contribution in [3.8, 4) is 0 Å². The topological polar surface area (TPSA) is 81.2 Å². The monoisotopic (exact) mass is 352 g/mol. The molecule has 2 N–H and O–H groups in total. The van der Waals surface area contributed by atoms with Crippen LogP contribution < -0.4 is 5.73 Å². The molecule has 0 spiro atoms. The van der Waals surface area contributed by atoms with Gasteiger partial charge >= 0.3 is 0 Å². The molecule has 0 bridgehead atoms. The number of halogens is 1. The average molecular weight is 353 g/mol. The van der Waals surface area contributed by atoms with Crippen molar-refractivity contribution in [1.82, 2.24) is 14.7 Å². The molecule has 1 aromatic rings. The number of hydrogen-bond donors (Lipinski definition) is 1. The van der Waals surface area contributed by atoms with Gasteiger partial charge in [-0.1, -0.05) is 25.4 Å². The third-order valence-electron chi connectivity index (χ3n) is 4.25. The summed E-state index contributed by atoms with van der Waals surface area (Å²) < 4.78 is 1.77. The van der Waals surface area contributed by atoms with Crippen LogP contribution in [0.4, 0.5) is 0 Å². The molecule has 7 heteroatoms. The fourth-order valence-electron chi connectivity index (χ4n) is 2.87. The van der Waals surface area contributed by atoms with Crippen molar-refractivity contribution in [2.75, 3.05) is 13.1 Å². The van der Waals surface area contributed by atoms with Crippen molar-refractivity contribution in [2.45, 2.75) is 40.2 Å². The van der Waals surface area contributed by atoms with Crippen molar-refractivity contribution in [2.24, 2.45) is 17.6 Å². The summed E-state index contributed by atoms with van der Waals surface area (Å²) in [7, 11) is 0. The van der Waals surface area contributed by atoms with E-state index in [0.29, 0.717) is 37.0 Å². The minimum Gasteiger partial charge on any atom is -0.369 e. The summed E-state index contributed by atoms with van der Waals surface area (Å²) in [6.07, 6.45) is 4.51. The van der Waals surface area contributed by atoms with Gasteiger partial charge in [0.1, 0.15) is 5.15 Å². The molecule has 0 saturated carbocycles. The second-order valence-corrected chi connectivity index (χ2v) is 7.06. The van der Waals surface area contributed by atoms with Crippen molar-refractivity contribution >= 4 is 29.5 Å². The second-order valence-electron chi connectivity index (χ2n) is 6.70. The Kier molecular flexibility index (Phi) is 6.04. The van der Waals surface area contributed by atoms with Gasteiger partial charge in [-0.15, -0.1) is 0 Å². The van der Waals surface area contributed by atoms with Gasteiger partial charge in [-0.3, -0.25) is 14.3 Å². The van der Waals surface area contributed by atoms with E-state index in [1.807, 2.05) is 6.92 Å². The highest BCUT2D eigenvalue weighted by molar-refractivity contribution is 6.31. The Labute approximate surface area is 147 Å². The zero-order chi connectivity index (χ0) is 17.9. The van der Waals surface area contributed by atoms with E-state index in [2.05, 4.69) is 18.9 Å². The molecule has 2 amide bonds. The van der Waals surface area contributed by atoms with E-state index in [1.54, 1.807) is 15.7 Å². The molecular formula is C17H25ClN4O2. The maximum Gasteiger partial charge on any atom is 0.246 e. The van der Waals surface area contributed by atoms with Gasteiger partial charge in [0.25, 0.3) is 0 Å². The van der Waals surface area contributed by atoms with Crippen LogP contribution in [0.3, 0.4) is 0 Å². The van der Waals surface area contributed by atoms with Gasteiger partial charge in [-0.25, -0.2) is 0 Å². The minimum atomic E-state index is -0.280. The summed E-state index contributed by atoms with van der Waals surface area (Å²) in [6.45, 7) is 7.92. The molecule has 2 heterocycles. The SMILES string of the molecule is Cc1nn(CC(C)C)c(Cl)c1/C=C/C(=O)N1CCC(C(N)=O)CC1. The first-order chi connectivity index (χ1) is 11.3. The molecule has 0 unspecified atom stereocenters. The Morgan fingerprint density at radius 3 is 2.54 bits per heavy atom. The Balaban J connectivity index is 2.02. The number of carbonyl (C=O) groups is 2. The number of likely N-dealkylation sites (tertiary alicyclic amines) is 1. The van der Waals surface area contributed by atoms with Crippen LogP contribution in [0.2, 0.25) is 5.15 Å². The van der Waals surface area contributed by atoms with Crippen LogP contribution in [0, 0.1) is 18.8 Å². The predicted octanol–water partition coefficient (Wildman–Crippen LogP) is 2.24. The predicted molar refractivity (Wildman–Crippen MR) is 94.3 cm³/mol. The maximum absolute atomic E-state index is 12.3. The van der Waals surface area contributed by atoms with Crippen molar-refractivity contribution in [3.63, 3.8) is 0 Å². The first-order valence-corrected chi connectivity index (χ1v) is 8.66. The number of nitrogens with zero attached hydrogens (tertiary/aromatic N) is 3. The number of primary amides is 1. The molecule has 0 radical (unpaired) electrons. The normalized spacial score (nSPS) is 16.3. The summed E-state index contributed by atoms with van der Waals surface area (Å²) in [4.78, 5) is 25.2. The first kappa shape index (κ1) is 18.5. The van der Waals surface area contributed by atoms with Crippen molar-refractivity contribution < 1.29 is 9.59 Å². The molecular weight excluding hydrogens is 328 g/mol. The molecule has 1 aliphatic rings. The lowest BCUT2D eigenvalue weighted by Gasteiger charge is -2.29. The lowest BCUT2D eigenvalue weighted by atomic mass is 9.96. The molecule has 1 fully saturated rings. The highest BCUT2D eigenvalue weighted by Gasteiger charge is 2.25. The molecule has 1 saturated heterocycles. The molecule has 1 aromatic heterocycles. The molecule has 0 aromatic carbocycles. The number of amides is 2. The fourth-order valence-corrected chi connectivity index (χ4v) is 3.17. The summed E-state index contributed by atoms with van der Waals surface area (Å²) >= 11 is 6.37. The van der Waals surface area contributed by atoms with E-state index in [0.717, 1.165) is 17.8 Å². The molecule has 0 aliphatic carbocycles. The van der Waals surface area contributed by atoms with Gasteiger partial charge in [0.15, 0.2) is 0 Å². The summed E-state index contributed by atoms with van der Waals surface area (Å²) in [6, 6.07) is 0. The van der Waals surface area contributed by atoms with Crippen LogP contribution in [-0.4, -0.2) is 39.6 Å². The lowest BCUT2D eigenvalue weighted by molar-refractivity contribution is -0.130. The summed E-state index contributed by atoms with van der Waals surface area (Å²) in [5, 5.41) is 4.98. The van der Waals surface area contributed by atoms with Crippen molar-refractivity contribution in [3.05, 3.63) is 22.5 Å². The fraction of sp³-hybridized carbons (Fsp3) is 0.588. The number of aromatic nitrogens is 2. The van der Waals surface area contributed by atoms with Crippen LogP contribution in [0.25, 0.3) is 6.08 Å². The van der Waals surface area contributed by atoms with Crippen LogP contribution >= 0.6 is 11.6 Å². The summed E-state index contributed by atoms with van der Waals surface area (Å²) in [5.74, 6) is -0.0431. The zero-order valence-electron chi connectivity index (χ0n) is 14.5. The quantitative estimate of drug-likeness (QED) is 0.825. The highest BCUT2D eigenvalue weighted by Crippen LogP contribution is 2.23. The number of nitrogens with two attached hydrogens (primary N) is 1. The molecule has 24 heavy (non-hydrogen) atoms. The van der Waals surface area contributed by atoms with Crippen LogP contribution in [0.15, 0.2) is 6.08 Å². The Hall–Kier alpha value is -1.82. The van der Waals surface area contributed by atoms with Crippen LogP contribution in [0.1, 0.15) is 37.9 Å². The van der Waals surface area contributed by atoms with Crippen molar-refractivity contribution in [1.29, 1.82) is 0 Å². The first-order valence-electron chi connectivity index (χ1n) is 8.28. The minimum absolute atomic E-state index is 0.0787. The number of hydrogen-bond acceptors (Lipinski definition) is 3. The van der Waals surface area contributed by atoms with E-state index in [1.165, 1.54) is 6.08 Å². The Bertz CT molecular complexity index is 643. The van der Waals surface area contributed by atoms with Gasteiger partial charge in [0.05, 0.1) is 5.69 Å². The molecule has 6 nitrogen and oxygen atoms in total. The van der Waals surface area contributed by atoms with Gasteiger partial charge in [0, 0.05) is 37.2 Å². The molecule has 0 atom stereocenters. The number of piperidine rings is 1. The molecule has 1 aliphatic heterocycles. The van der Waals surface area contributed by atoms with E-state index >= 15 is 0 Å². The number of carbonyl (C=O) groups excluding carboxylic acids is 2. The lowest BCUT2D eigenvalue weighted by Crippen LogP contribution is -2.41. The molecule has 2 rings (SSSR count). The largest absolute Gasteiger partial charge is 0.369 e. The highest BCUT2D eigenvalue weighted by atomic mass is 35.5. The second kappa shape index (κ2) is 7.83. The Morgan fingerprint density at radius 1 is 1.38 bits per heavy atom. The van der Waals surface area contributed by atoms with Gasteiger partial charge in [0.2, 0.25) is 11.8 Å². The summed E-state index contributed by atoms with van der Waals surface area (Å²) in [5.41, 5.74) is 6.89. The van der Waals surface area contributed by atoms with E-state index in [9.17, 15) is 9.59 Å². The zero-order valence-corrected chi connectivity index (χ0v) is 15.2. The van der Waals surface area contributed by atoms with Crippen LogP contribution in [-0.2, 0) is 16.1 Å². The van der Waals surface area contributed by atoms with E-state index in [-0.39, 0.29) is 17.7 Å². The van der Waals surface area contributed by atoms with E-state index < -0.39 is 0 Å². The third-order valence-corrected chi connectivity index (χ3v) is 4.65. The van der Waals surface area contributed by atoms with Gasteiger partial charge < -0.3 is 10.6 Å². The number of rotatable bonds is 5. The molecule has 132 valence electrons. The van der Waals surface area contributed by atoms with Gasteiger partial charge in [-0.05, 0) is 31.8 Å². The third kappa shape index (κ3) is 4.38.